The Morgan fingerprint density at radius 3 is 2.82 bits per heavy atom. The molecule has 17 heavy (non-hydrogen) atoms. The van der Waals surface area contributed by atoms with Gasteiger partial charge in [-0.1, -0.05) is 28.1 Å². The van der Waals surface area contributed by atoms with Gasteiger partial charge in [0.15, 0.2) is 0 Å². The highest BCUT2D eigenvalue weighted by molar-refractivity contribution is 9.10. The zero-order valence-electron chi connectivity index (χ0n) is 9.76. The summed E-state index contributed by atoms with van der Waals surface area (Å²) in [5.74, 6) is -0.182. The fourth-order valence-corrected chi connectivity index (χ4v) is 2.24. The third-order valence-corrected chi connectivity index (χ3v) is 3.22. The van der Waals surface area contributed by atoms with Crippen molar-refractivity contribution >= 4 is 15.9 Å². The molecule has 0 saturated heterocycles. The van der Waals surface area contributed by atoms with E-state index in [2.05, 4.69) is 33.4 Å². The zero-order valence-corrected chi connectivity index (χ0v) is 11.3. The number of hydrogen-bond acceptors (Lipinski definition) is 1. The maximum absolute atomic E-state index is 13.1. The van der Waals surface area contributed by atoms with Crippen LogP contribution in [0.25, 0.3) is 0 Å². The fraction of sp³-hybridized carbons (Fsp3) is 0.429. The lowest BCUT2D eigenvalue weighted by Gasteiger charge is -2.00. The summed E-state index contributed by atoms with van der Waals surface area (Å²) in [6.07, 6.45) is 8.78. The molecule has 0 atom stereocenters. The molecule has 0 bridgehead atoms. The molecule has 0 aromatic heterocycles. The van der Waals surface area contributed by atoms with Crippen molar-refractivity contribution in [2.24, 2.45) is 0 Å². The first kappa shape index (κ1) is 12.8. The van der Waals surface area contributed by atoms with Crippen molar-refractivity contribution < 1.29 is 4.39 Å². The van der Waals surface area contributed by atoms with Gasteiger partial charge in [0.05, 0.1) is 0 Å². The Bertz CT molecular complexity index is 379. The summed E-state index contributed by atoms with van der Waals surface area (Å²) in [6.45, 7) is 1.05. The van der Waals surface area contributed by atoms with Crippen LogP contribution in [0.5, 0.6) is 0 Å². The second-order valence-electron chi connectivity index (χ2n) is 4.47. The molecule has 1 aromatic carbocycles. The monoisotopic (exact) mass is 297 g/mol. The van der Waals surface area contributed by atoms with Crippen LogP contribution in [0, 0.1) is 5.82 Å². The molecule has 0 unspecified atom stereocenters. The maximum Gasteiger partial charge on any atom is 0.124 e. The summed E-state index contributed by atoms with van der Waals surface area (Å²) in [5, 5.41) is 3.45. The summed E-state index contributed by atoms with van der Waals surface area (Å²) in [7, 11) is 0. The predicted molar refractivity (Wildman–Crippen MR) is 72.6 cm³/mol. The molecule has 0 amide bonds. The van der Waals surface area contributed by atoms with Gasteiger partial charge in [0.2, 0.25) is 0 Å². The van der Waals surface area contributed by atoms with Gasteiger partial charge in [-0.15, -0.1) is 0 Å². The van der Waals surface area contributed by atoms with Crippen molar-refractivity contribution in [3.8, 4) is 0 Å². The Morgan fingerprint density at radius 1 is 1.29 bits per heavy atom. The number of benzene rings is 1. The number of nitrogens with one attached hydrogen (secondary N) is 1. The normalized spacial score (nSPS) is 15.6. The van der Waals surface area contributed by atoms with Gasteiger partial charge in [0.25, 0.3) is 0 Å². The summed E-state index contributed by atoms with van der Waals surface area (Å²) >= 11 is 3.30. The van der Waals surface area contributed by atoms with Crippen LogP contribution < -0.4 is 5.32 Å². The Balaban J connectivity index is 1.70. The number of halogens is 2. The summed E-state index contributed by atoms with van der Waals surface area (Å²) in [4.78, 5) is 0. The lowest BCUT2D eigenvalue weighted by atomic mass is 10.1. The minimum atomic E-state index is -0.182. The van der Waals surface area contributed by atoms with Crippen molar-refractivity contribution in [3.63, 3.8) is 0 Å². The van der Waals surface area contributed by atoms with Gasteiger partial charge in [-0.25, -0.2) is 4.39 Å². The molecule has 3 heteroatoms. The van der Waals surface area contributed by atoms with Gasteiger partial charge in [0, 0.05) is 10.5 Å². The Labute approximate surface area is 110 Å². The predicted octanol–water partition coefficient (Wildman–Crippen LogP) is 3.83. The molecule has 2 rings (SSSR count). The molecule has 1 N–H and O–H groups in total. The van der Waals surface area contributed by atoms with Crippen molar-refractivity contribution in [2.75, 3.05) is 6.54 Å². The van der Waals surface area contributed by atoms with E-state index in [1.54, 1.807) is 6.07 Å². The first-order valence-corrected chi connectivity index (χ1v) is 6.87. The molecule has 1 aliphatic carbocycles. The molecule has 1 fully saturated rings. The largest absolute Gasteiger partial charge is 0.314 e. The van der Waals surface area contributed by atoms with E-state index in [0.29, 0.717) is 0 Å². The highest BCUT2D eigenvalue weighted by atomic mass is 79.9. The molecule has 1 aromatic rings. The van der Waals surface area contributed by atoms with Crippen LogP contribution in [-0.2, 0) is 6.42 Å². The zero-order chi connectivity index (χ0) is 12.1. The van der Waals surface area contributed by atoms with Crippen molar-refractivity contribution in [3.05, 3.63) is 46.2 Å². The third kappa shape index (κ3) is 5.00. The summed E-state index contributed by atoms with van der Waals surface area (Å²) in [6, 6.07) is 5.79. The maximum atomic E-state index is 13.1. The van der Waals surface area contributed by atoms with Crippen LogP contribution in [0.1, 0.15) is 24.8 Å². The Hall–Kier alpha value is -0.670. The molecular formula is C14H17BrFN. The first-order valence-electron chi connectivity index (χ1n) is 6.07. The van der Waals surface area contributed by atoms with E-state index in [1.165, 1.54) is 18.9 Å². The number of rotatable bonds is 6. The average molecular weight is 298 g/mol. The molecule has 1 nitrogen and oxygen atoms in total. The summed E-state index contributed by atoms with van der Waals surface area (Å²) in [5.41, 5.74) is 1.00. The van der Waals surface area contributed by atoms with Gasteiger partial charge in [0.1, 0.15) is 5.82 Å². The second-order valence-corrected chi connectivity index (χ2v) is 5.39. The molecule has 0 aliphatic heterocycles. The number of hydrogen-bond donors (Lipinski definition) is 1. The summed E-state index contributed by atoms with van der Waals surface area (Å²) < 4.78 is 13.9. The lowest BCUT2D eigenvalue weighted by molar-refractivity contribution is 0.625. The Morgan fingerprint density at radius 2 is 2.12 bits per heavy atom. The fourth-order valence-electron chi connectivity index (χ4n) is 1.72. The van der Waals surface area contributed by atoms with E-state index in [4.69, 9.17) is 0 Å². The van der Waals surface area contributed by atoms with Crippen LogP contribution in [-0.4, -0.2) is 12.6 Å². The smallest absolute Gasteiger partial charge is 0.124 e. The third-order valence-electron chi connectivity index (χ3n) is 2.76. The van der Waals surface area contributed by atoms with Crippen molar-refractivity contribution in [2.45, 2.75) is 31.7 Å². The van der Waals surface area contributed by atoms with Crippen LogP contribution in [0.15, 0.2) is 34.8 Å². The van der Waals surface area contributed by atoms with Gasteiger partial charge < -0.3 is 5.32 Å². The van der Waals surface area contributed by atoms with Crippen LogP contribution >= 0.6 is 15.9 Å². The van der Waals surface area contributed by atoms with Gasteiger partial charge >= 0.3 is 0 Å². The molecule has 92 valence electrons. The van der Waals surface area contributed by atoms with E-state index in [9.17, 15) is 4.39 Å². The molecule has 1 aliphatic rings. The Kier molecular flexibility index (Phi) is 4.75. The standard InChI is InChI=1S/C14H17BrFN/c15-12-8-11(9-13(16)10-12)4-2-1-3-7-17-14-5-6-14/h1-2,8-10,14,17H,3-7H2. The van der Waals surface area contributed by atoms with Crippen LogP contribution in [0.2, 0.25) is 0 Å². The van der Waals surface area contributed by atoms with Crippen LogP contribution in [0.3, 0.4) is 0 Å². The molecule has 0 radical (unpaired) electrons. The minimum absolute atomic E-state index is 0.182. The second kappa shape index (κ2) is 6.31. The van der Waals surface area contributed by atoms with Crippen molar-refractivity contribution in [1.82, 2.24) is 5.32 Å². The van der Waals surface area contributed by atoms with Gasteiger partial charge in [-0.2, -0.15) is 0 Å². The van der Waals surface area contributed by atoms with Crippen LogP contribution in [0.4, 0.5) is 4.39 Å². The highest BCUT2D eigenvalue weighted by Gasteiger charge is 2.19. The topological polar surface area (TPSA) is 12.0 Å². The van der Waals surface area contributed by atoms with Crippen molar-refractivity contribution in [1.29, 1.82) is 0 Å². The van der Waals surface area contributed by atoms with E-state index in [0.717, 1.165) is 35.5 Å². The molecule has 0 spiro atoms. The van der Waals surface area contributed by atoms with Gasteiger partial charge in [-0.3, -0.25) is 0 Å². The van der Waals surface area contributed by atoms with E-state index in [1.807, 2.05) is 6.07 Å². The average Bonchev–Trinajstić information content (AvgIpc) is 3.05. The molecule has 1 saturated carbocycles. The molecule has 0 heterocycles. The molecular weight excluding hydrogens is 281 g/mol. The van der Waals surface area contributed by atoms with E-state index in [-0.39, 0.29) is 5.82 Å². The SMILES string of the molecule is Fc1cc(Br)cc(CC=CCCNC2CC2)c1. The first-order chi connectivity index (χ1) is 8.24. The highest BCUT2D eigenvalue weighted by Crippen LogP contribution is 2.18. The lowest BCUT2D eigenvalue weighted by Crippen LogP contribution is -2.16. The van der Waals surface area contributed by atoms with E-state index < -0.39 is 0 Å². The number of allylic oxidation sites excluding steroid dienone is 1. The quantitative estimate of drug-likeness (QED) is 0.622. The van der Waals surface area contributed by atoms with E-state index >= 15 is 0 Å². The minimum Gasteiger partial charge on any atom is -0.314 e. The van der Waals surface area contributed by atoms with Gasteiger partial charge in [-0.05, 0) is 56.0 Å².